The van der Waals surface area contributed by atoms with Gasteiger partial charge in [0, 0.05) is 29.8 Å². The number of fused-ring (bicyclic) bond motifs is 3. The minimum absolute atomic E-state index is 0.209. The first-order chi connectivity index (χ1) is 18.2. The van der Waals surface area contributed by atoms with Crippen LogP contribution in [0.15, 0.2) is 66.4 Å². The molecular formula is C30H30FN5O2. The standard InChI is InChI=1S/C30H30FN5O2/c1-18-28(35(4)34-33-18)22-15-25-23(14-24(22)31)27-26(13-21(16-32-27)30(2,3)37)36(25)29(19-9-6-5-7-10-19)20-11-8-12-38-17-20/h5-7,9-11,13-16,29,37H,8,12,17H2,1-4H3. The molecule has 4 heterocycles. The molecule has 1 atom stereocenters. The Morgan fingerprint density at radius 3 is 2.55 bits per heavy atom. The number of ether oxygens (including phenoxy) is 1. The zero-order chi connectivity index (χ0) is 26.6. The Labute approximate surface area is 220 Å². The zero-order valence-electron chi connectivity index (χ0n) is 21.9. The van der Waals surface area contributed by atoms with Crippen molar-refractivity contribution in [2.45, 2.75) is 38.8 Å². The molecular weight excluding hydrogens is 481 g/mol. The van der Waals surface area contributed by atoms with Gasteiger partial charge in [-0.05, 0) is 56.5 Å². The van der Waals surface area contributed by atoms with Crippen LogP contribution in [0.25, 0.3) is 33.2 Å². The van der Waals surface area contributed by atoms with E-state index in [0.29, 0.717) is 46.6 Å². The molecule has 38 heavy (non-hydrogen) atoms. The second kappa shape index (κ2) is 9.15. The smallest absolute Gasteiger partial charge is 0.133 e. The Morgan fingerprint density at radius 2 is 1.89 bits per heavy atom. The zero-order valence-corrected chi connectivity index (χ0v) is 21.9. The second-order valence-electron chi connectivity index (χ2n) is 10.5. The van der Waals surface area contributed by atoms with Gasteiger partial charge in [0.05, 0.1) is 52.8 Å². The average molecular weight is 512 g/mol. The lowest BCUT2D eigenvalue weighted by molar-refractivity contribution is 0.0784. The number of nitrogens with zero attached hydrogens (tertiary/aromatic N) is 5. The molecule has 8 heteroatoms. The molecule has 6 rings (SSSR count). The molecule has 0 saturated carbocycles. The van der Waals surface area contributed by atoms with Gasteiger partial charge >= 0.3 is 0 Å². The summed E-state index contributed by atoms with van der Waals surface area (Å²) in [5.41, 5.74) is 5.83. The van der Waals surface area contributed by atoms with Crippen LogP contribution >= 0.6 is 0 Å². The van der Waals surface area contributed by atoms with E-state index in [9.17, 15) is 5.11 Å². The van der Waals surface area contributed by atoms with Gasteiger partial charge in [0.1, 0.15) is 5.82 Å². The van der Waals surface area contributed by atoms with Crippen LogP contribution in [0, 0.1) is 12.7 Å². The summed E-state index contributed by atoms with van der Waals surface area (Å²) in [4.78, 5) is 4.76. The molecule has 194 valence electrons. The summed E-state index contributed by atoms with van der Waals surface area (Å²) in [6.07, 6.45) is 4.74. The van der Waals surface area contributed by atoms with Crippen molar-refractivity contribution < 1.29 is 14.2 Å². The molecule has 1 N–H and O–H groups in total. The first kappa shape index (κ1) is 24.5. The van der Waals surface area contributed by atoms with Gasteiger partial charge in [-0.3, -0.25) is 4.98 Å². The number of aryl methyl sites for hydroxylation is 2. The number of aromatic nitrogens is 5. The van der Waals surface area contributed by atoms with Crippen LogP contribution in [0.5, 0.6) is 0 Å². The van der Waals surface area contributed by atoms with E-state index in [2.05, 4.69) is 33.1 Å². The van der Waals surface area contributed by atoms with E-state index in [0.717, 1.165) is 28.6 Å². The predicted molar refractivity (Wildman–Crippen MR) is 145 cm³/mol. The van der Waals surface area contributed by atoms with Crippen LogP contribution in [0.2, 0.25) is 0 Å². The third-order valence-corrected chi connectivity index (χ3v) is 7.35. The normalized spacial score (nSPS) is 15.3. The Bertz CT molecular complexity index is 1680. The van der Waals surface area contributed by atoms with E-state index in [4.69, 9.17) is 9.72 Å². The Hall–Kier alpha value is -3.88. The lowest BCUT2D eigenvalue weighted by Crippen LogP contribution is -2.20. The van der Waals surface area contributed by atoms with Crippen molar-refractivity contribution in [3.63, 3.8) is 0 Å². The highest BCUT2D eigenvalue weighted by Gasteiger charge is 2.28. The summed E-state index contributed by atoms with van der Waals surface area (Å²) in [6.45, 7) is 6.49. The maximum Gasteiger partial charge on any atom is 0.133 e. The van der Waals surface area contributed by atoms with Crippen LogP contribution < -0.4 is 0 Å². The van der Waals surface area contributed by atoms with E-state index in [1.54, 1.807) is 37.8 Å². The van der Waals surface area contributed by atoms with Crippen molar-refractivity contribution in [1.29, 1.82) is 0 Å². The van der Waals surface area contributed by atoms with E-state index in [-0.39, 0.29) is 11.9 Å². The quantitative estimate of drug-likeness (QED) is 0.311. The summed E-state index contributed by atoms with van der Waals surface area (Å²) < 4.78 is 25.5. The molecule has 0 fully saturated rings. The Morgan fingerprint density at radius 1 is 1.11 bits per heavy atom. The fourth-order valence-corrected chi connectivity index (χ4v) is 5.48. The highest BCUT2D eigenvalue weighted by molar-refractivity contribution is 6.07. The number of pyridine rings is 1. The molecule has 0 aliphatic carbocycles. The summed E-state index contributed by atoms with van der Waals surface area (Å²) >= 11 is 0. The van der Waals surface area contributed by atoms with Crippen LogP contribution in [0.4, 0.5) is 4.39 Å². The average Bonchev–Trinajstić information content (AvgIpc) is 3.40. The van der Waals surface area contributed by atoms with Crippen LogP contribution in [0.3, 0.4) is 0 Å². The fraction of sp³-hybridized carbons (Fsp3) is 0.300. The summed E-state index contributed by atoms with van der Waals surface area (Å²) in [7, 11) is 1.77. The molecule has 1 aliphatic rings. The van der Waals surface area contributed by atoms with Crippen molar-refractivity contribution in [3.05, 3.63) is 89.0 Å². The summed E-state index contributed by atoms with van der Waals surface area (Å²) in [6, 6.07) is 15.4. The molecule has 5 aromatic rings. The first-order valence-electron chi connectivity index (χ1n) is 12.8. The minimum Gasteiger partial charge on any atom is -0.386 e. The molecule has 0 amide bonds. The van der Waals surface area contributed by atoms with E-state index in [1.807, 2.05) is 37.3 Å². The monoisotopic (exact) mass is 511 g/mol. The highest BCUT2D eigenvalue weighted by atomic mass is 19.1. The molecule has 1 unspecified atom stereocenters. The number of rotatable bonds is 5. The number of halogens is 1. The molecule has 0 bridgehead atoms. The van der Waals surface area contributed by atoms with Gasteiger partial charge in [0.15, 0.2) is 0 Å². The number of benzene rings is 2. The van der Waals surface area contributed by atoms with Crippen LogP contribution in [0.1, 0.15) is 43.1 Å². The molecule has 1 aliphatic heterocycles. The first-order valence-corrected chi connectivity index (χ1v) is 12.8. The maximum atomic E-state index is 15.7. The van der Waals surface area contributed by atoms with Crippen molar-refractivity contribution >= 4 is 21.9 Å². The van der Waals surface area contributed by atoms with E-state index < -0.39 is 5.60 Å². The topological polar surface area (TPSA) is 78.0 Å². The lowest BCUT2D eigenvalue weighted by Gasteiger charge is -2.27. The summed E-state index contributed by atoms with van der Waals surface area (Å²) in [5, 5.41) is 19.8. The molecule has 2 aromatic carbocycles. The van der Waals surface area contributed by atoms with Crippen LogP contribution in [-0.4, -0.2) is 42.9 Å². The molecule has 0 saturated heterocycles. The highest BCUT2D eigenvalue weighted by Crippen LogP contribution is 2.41. The largest absolute Gasteiger partial charge is 0.386 e. The molecule has 0 spiro atoms. The molecule has 0 radical (unpaired) electrons. The van der Waals surface area contributed by atoms with Crippen molar-refractivity contribution in [1.82, 2.24) is 24.5 Å². The van der Waals surface area contributed by atoms with Gasteiger partial charge < -0.3 is 14.4 Å². The Kier molecular flexibility index (Phi) is 5.89. The van der Waals surface area contributed by atoms with Gasteiger partial charge in [-0.1, -0.05) is 41.6 Å². The van der Waals surface area contributed by atoms with E-state index >= 15 is 4.39 Å². The minimum atomic E-state index is -1.09. The lowest BCUT2D eigenvalue weighted by atomic mass is 9.96. The summed E-state index contributed by atoms with van der Waals surface area (Å²) in [5.74, 6) is -0.366. The number of hydrogen-bond donors (Lipinski definition) is 1. The van der Waals surface area contributed by atoms with Crippen LogP contribution in [-0.2, 0) is 17.4 Å². The van der Waals surface area contributed by atoms with E-state index in [1.165, 1.54) is 0 Å². The maximum absolute atomic E-state index is 15.7. The van der Waals surface area contributed by atoms with Gasteiger partial charge in [0.2, 0.25) is 0 Å². The van der Waals surface area contributed by atoms with Crippen molar-refractivity contribution in [2.24, 2.45) is 7.05 Å². The van der Waals surface area contributed by atoms with Gasteiger partial charge in [0.25, 0.3) is 0 Å². The fourth-order valence-electron chi connectivity index (χ4n) is 5.48. The number of aliphatic hydroxyl groups is 1. The predicted octanol–water partition coefficient (Wildman–Crippen LogP) is 5.60. The number of hydrogen-bond acceptors (Lipinski definition) is 5. The SMILES string of the molecule is Cc1nnn(C)c1-c1cc2c(cc1F)c1ncc(C(C)(C)O)cc1n2C(C1=CCCOC1)c1ccccc1. The third kappa shape index (κ3) is 4.01. The van der Waals surface area contributed by atoms with Crippen molar-refractivity contribution in [3.8, 4) is 11.3 Å². The molecule has 7 nitrogen and oxygen atoms in total. The third-order valence-electron chi connectivity index (χ3n) is 7.35. The molecule has 3 aromatic heterocycles. The second-order valence-corrected chi connectivity index (χ2v) is 10.5. The van der Waals surface area contributed by atoms with Crippen molar-refractivity contribution in [2.75, 3.05) is 13.2 Å². The van der Waals surface area contributed by atoms with Gasteiger partial charge in [-0.15, -0.1) is 5.10 Å². The van der Waals surface area contributed by atoms with Gasteiger partial charge in [-0.2, -0.15) is 0 Å². The van der Waals surface area contributed by atoms with Gasteiger partial charge in [-0.25, -0.2) is 9.07 Å². The Balaban J connectivity index is 1.75.